The van der Waals surface area contributed by atoms with E-state index in [1.807, 2.05) is 0 Å². The first-order valence-electron chi connectivity index (χ1n) is 6.18. The summed E-state index contributed by atoms with van der Waals surface area (Å²) in [6.45, 7) is 0. The fraction of sp³-hybridized carbons (Fsp3) is 0. The van der Waals surface area contributed by atoms with E-state index in [2.05, 4.69) is 21.4 Å². The Kier molecular flexibility index (Phi) is 3.97. The highest BCUT2D eigenvalue weighted by molar-refractivity contribution is 6.42. The minimum absolute atomic E-state index is 0.0369. The van der Waals surface area contributed by atoms with Gasteiger partial charge in [0.15, 0.2) is 5.82 Å². The molecule has 1 aromatic heterocycles. The molecule has 115 valence electrons. The maximum Gasteiger partial charge on any atom is 0.278 e. The molecule has 23 heavy (non-hydrogen) atoms. The van der Waals surface area contributed by atoms with Gasteiger partial charge in [-0.25, -0.2) is 14.4 Å². The number of rotatable bonds is 3. The Bertz CT molecular complexity index is 936. The molecule has 1 heterocycles. The molecule has 2 aromatic carbocycles. The summed E-state index contributed by atoms with van der Waals surface area (Å²) in [6, 6.07) is 7.94. The third kappa shape index (κ3) is 2.88. The molecule has 0 amide bonds. The number of non-ortho nitro benzene ring substituents is 1. The van der Waals surface area contributed by atoms with Crippen LogP contribution in [0.4, 0.5) is 21.6 Å². The van der Waals surface area contributed by atoms with Crippen molar-refractivity contribution < 1.29 is 9.31 Å². The standard InChI is InChI=1S/C14H6Cl2FN4O2/c15-9-2-4-11(13(17)12(9)16)20-14-8-5-7(21(22)23)1-3-10(8)18-6-19-14/h2-6H,(H,18,19,20). The van der Waals surface area contributed by atoms with E-state index >= 15 is 0 Å². The summed E-state index contributed by atoms with van der Waals surface area (Å²) < 4.78 is 14.1. The molecule has 1 radical (unpaired) electrons. The highest BCUT2D eigenvalue weighted by atomic mass is 35.5. The van der Waals surface area contributed by atoms with Crippen molar-refractivity contribution in [1.29, 1.82) is 0 Å². The number of anilines is 2. The molecule has 0 unspecified atom stereocenters. The lowest BCUT2D eigenvalue weighted by Gasteiger charge is -2.10. The molecule has 3 rings (SSSR count). The molecule has 9 heteroatoms. The first-order valence-corrected chi connectivity index (χ1v) is 6.94. The molecule has 0 bridgehead atoms. The Morgan fingerprint density at radius 2 is 2.09 bits per heavy atom. The number of fused-ring (bicyclic) bond motifs is 1. The lowest BCUT2D eigenvalue weighted by atomic mass is 10.2. The van der Waals surface area contributed by atoms with E-state index in [0.29, 0.717) is 10.9 Å². The number of hydrogen-bond donors (Lipinski definition) is 1. The molecule has 0 spiro atoms. The number of halogens is 3. The van der Waals surface area contributed by atoms with Crippen LogP contribution in [0.25, 0.3) is 10.9 Å². The largest absolute Gasteiger partial charge is 0.337 e. The van der Waals surface area contributed by atoms with E-state index in [1.54, 1.807) is 0 Å². The summed E-state index contributed by atoms with van der Waals surface area (Å²) in [7, 11) is 0. The molecule has 0 fully saturated rings. The fourth-order valence-corrected chi connectivity index (χ4v) is 2.25. The van der Waals surface area contributed by atoms with E-state index in [9.17, 15) is 14.5 Å². The maximum atomic E-state index is 14.1. The summed E-state index contributed by atoms with van der Waals surface area (Å²) in [4.78, 5) is 18.3. The van der Waals surface area contributed by atoms with Crippen LogP contribution in [0.15, 0.2) is 30.6 Å². The highest BCUT2D eigenvalue weighted by Gasteiger charge is 2.14. The fourth-order valence-electron chi connectivity index (χ4n) is 1.94. The predicted molar refractivity (Wildman–Crippen MR) is 84.7 cm³/mol. The van der Waals surface area contributed by atoms with Gasteiger partial charge in [-0.2, -0.15) is 0 Å². The van der Waals surface area contributed by atoms with Crippen LogP contribution in [0.1, 0.15) is 0 Å². The highest BCUT2D eigenvalue weighted by Crippen LogP contribution is 2.33. The Morgan fingerprint density at radius 3 is 2.83 bits per heavy atom. The number of nitro groups is 1. The molecular formula is C14H6Cl2FN4O2. The van der Waals surface area contributed by atoms with Crippen LogP contribution in [0, 0.1) is 22.0 Å². The number of hydrogen-bond acceptors (Lipinski definition) is 5. The zero-order chi connectivity index (χ0) is 16.6. The predicted octanol–water partition coefficient (Wildman–Crippen LogP) is 4.53. The normalized spacial score (nSPS) is 10.7. The Labute approximate surface area is 139 Å². The van der Waals surface area contributed by atoms with Gasteiger partial charge < -0.3 is 5.32 Å². The van der Waals surface area contributed by atoms with Crippen molar-refractivity contribution >= 4 is 51.3 Å². The van der Waals surface area contributed by atoms with Crippen molar-refractivity contribution in [2.24, 2.45) is 0 Å². The van der Waals surface area contributed by atoms with Gasteiger partial charge in [-0.3, -0.25) is 10.1 Å². The van der Waals surface area contributed by atoms with Gasteiger partial charge in [-0.05, 0) is 18.2 Å². The molecule has 6 nitrogen and oxygen atoms in total. The Morgan fingerprint density at radius 1 is 1.30 bits per heavy atom. The molecule has 0 aliphatic carbocycles. The minimum atomic E-state index is -0.747. The average molecular weight is 352 g/mol. The van der Waals surface area contributed by atoms with Crippen LogP contribution in [0.5, 0.6) is 0 Å². The molecule has 3 aromatic rings. The molecule has 1 N–H and O–H groups in total. The first-order chi connectivity index (χ1) is 11.0. The average Bonchev–Trinajstić information content (AvgIpc) is 2.55. The van der Waals surface area contributed by atoms with Gasteiger partial charge in [0, 0.05) is 11.5 Å². The Hall–Kier alpha value is -2.51. The number of nitrogens with one attached hydrogen (secondary N) is 1. The third-order valence-electron chi connectivity index (χ3n) is 3.04. The second kappa shape index (κ2) is 5.94. The quantitative estimate of drug-likeness (QED) is 0.426. The van der Waals surface area contributed by atoms with Crippen molar-refractivity contribution in [2.75, 3.05) is 5.32 Å². The zero-order valence-electron chi connectivity index (χ0n) is 11.2. The SMILES string of the molecule is O=[N+]([O-])c1[c]cc2ncnc(Nc3ccc(Cl)c(Cl)c3F)c2c1. The van der Waals surface area contributed by atoms with Gasteiger partial charge in [-0.15, -0.1) is 0 Å². The summed E-state index contributed by atoms with van der Waals surface area (Å²) in [5.41, 5.74) is 0.216. The van der Waals surface area contributed by atoms with Gasteiger partial charge in [0.05, 0.1) is 32.2 Å². The van der Waals surface area contributed by atoms with E-state index in [0.717, 1.165) is 0 Å². The second-order valence-corrected chi connectivity index (χ2v) is 5.23. The number of benzene rings is 2. The van der Waals surface area contributed by atoms with E-state index < -0.39 is 10.7 Å². The number of aromatic nitrogens is 2. The van der Waals surface area contributed by atoms with E-state index in [4.69, 9.17) is 23.2 Å². The van der Waals surface area contributed by atoms with Gasteiger partial charge in [-0.1, -0.05) is 23.2 Å². The lowest BCUT2D eigenvalue weighted by Crippen LogP contribution is -1.99. The van der Waals surface area contributed by atoms with E-state index in [1.165, 1.54) is 30.6 Å². The monoisotopic (exact) mass is 351 g/mol. The lowest BCUT2D eigenvalue weighted by molar-refractivity contribution is -0.385. The van der Waals surface area contributed by atoms with Crippen LogP contribution in [0.2, 0.25) is 10.0 Å². The van der Waals surface area contributed by atoms with Crippen molar-refractivity contribution in [3.8, 4) is 0 Å². The van der Waals surface area contributed by atoms with Crippen LogP contribution >= 0.6 is 23.2 Å². The van der Waals surface area contributed by atoms with Crippen molar-refractivity contribution in [2.45, 2.75) is 0 Å². The number of nitrogens with zero attached hydrogens (tertiary/aromatic N) is 3. The van der Waals surface area contributed by atoms with Gasteiger partial charge in [0.1, 0.15) is 12.1 Å². The maximum absolute atomic E-state index is 14.1. The first kappa shape index (κ1) is 15.4. The van der Waals surface area contributed by atoms with Crippen molar-refractivity contribution in [3.05, 3.63) is 62.6 Å². The smallest absolute Gasteiger partial charge is 0.278 e. The van der Waals surface area contributed by atoms with Crippen LogP contribution in [0.3, 0.4) is 0 Å². The van der Waals surface area contributed by atoms with Crippen molar-refractivity contribution in [3.63, 3.8) is 0 Å². The van der Waals surface area contributed by atoms with Gasteiger partial charge >= 0.3 is 0 Å². The summed E-state index contributed by atoms with van der Waals surface area (Å²) in [6.07, 6.45) is 1.25. The summed E-state index contributed by atoms with van der Waals surface area (Å²) in [5.74, 6) is -0.549. The van der Waals surface area contributed by atoms with Crippen LogP contribution in [-0.2, 0) is 0 Å². The van der Waals surface area contributed by atoms with Gasteiger partial charge in [0.25, 0.3) is 5.69 Å². The molecule has 0 aliphatic heterocycles. The summed E-state index contributed by atoms with van der Waals surface area (Å²) in [5, 5.41) is 13.8. The Balaban J connectivity index is 2.11. The number of nitro benzene ring substituents is 1. The topological polar surface area (TPSA) is 81.0 Å². The minimum Gasteiger partial charge on any atom is -0.337 e. The van der Waals surface area contributed by atoms with Gasteiger partial charge in [0.2, 0.25) is 0 Å². The van der Waals surface area contributed by atoms with Crippen molar-refractivity contribution in [1.82, 2.24) is 9.97 Å². The van der Waals surface area contributed by atoms with Crippen LogP contribution in [-0.4, -0.2) is 14.9 Å². The van der Waals surface area contributed by atoms with Crippen LogP contribution < -0.4 is 5.32 Å². The molecule has 0 saturated carbocycles. The van der Waals surface area contributed by atoms with E-state index in [-0.39, 0.29) is 27.2 Å². The third-order valence-corrected chi connectivity index (χ3v) is 3.82. The second-order valence-electron chi connectivity index (χ2n) is 4.44. The molecule has 0 aliphatic rings. The molecule has 0 saturated heterocycles. The zero-order valence-corrected chi connectivity index (χ0v) is 12.7. The molecule has 0 atom stereocenters. The molecular weight excluding hydrogens is 346 g/mol. The summed E-state index contributed by atoms with van der Waals surface area (Å²) >= 11 is 11.5.